The molecule has 0 radical (unpaired) electrons. The molecule has 8 heteroatoms. The first-order valence-electron chi connectivity index (χ1n) is 5.02. The number of hydrogen-bond donors (Lipinski definition) is 2. The van der Waals surface area contributed by atoms with Crippen molar-refractivity contribution >= 4 is 23.6 Å². The van der Waals surface area contributed by atoms with Crippen LogP contribution in [0.25, 0.3) is 0 Å². The van der Waals surface area contributed by atoms with Gasteiger partial charge in [0.05, 0.1) is 11.7 Å². The molecule has 0 aromatic heterocycles. The number of rotatable bonds is 4. The predicted molar refractivity (Wildman–Crippen MR) is 55.4 cm³/mol. The van der Waals surface area contributed by atoms with Crippen molar-refractivity contribution in [2.45, 2.75) is 30.8 Å². The molecule has 0 heterocycles. The number of alkyl halides is 3. The van der Waals surface area contributed by atoms with E-state index in [1.54, 1.807) is 0 Å². The van der Waals surface area contributed by atoms with E-state index in [1.807, 2.05) is 0 Å². The second kappa shape index (κ2) is 5.61. The lowest BCUT2D eigenvalue weighted by molar-refractivity contribution is -0.142. The molecule has 1 aliphatic rings. The third-order valence-corrected chi connectivity index (χ3v) is 3.28. The molecule has 1 fully saturated rings. The van der Waals surface area contributed by atoms with E-state index in [1.165, 1.54) is 0 Å². The van der Waals surface area contributed by atoms with Gasteiger partial charge in [0, 0.05) is 6.04 Å². The zero-order valence-corrected chi connectivity index (χ0v) is 9.61. The molecule has 0 saturated heterocycles. The monoisotopic (exact) mass is 271 g/mol. The van der Waals surface area contributed by atoms with Gasteiger partial charge in [-0.2, -0.15) is 13.2 Å². The maximum absolute atomic E-state index is 11.8. The highest BCUT2D eigenvalue weighted by atomic mass is 32.2. The van der Waals surface area contributed by atoms with Gasteiger partial charge >= 0.3 is 11.5 Å². The van der Waals surface area contributed by atoms with E-state index in [-0.39, 0.29) is 0 Å². The minimum Gasteiger partial charge on any atom is -0.481 e. The van der Waals surface area contributed by atoms with Crippen molar-refractivity contribution in [2.75, 3.05) is 5.75 Å². The highest BCUT2D eigenvalue weighted by molar-refractivity contribution is 8.00. The van der Waals surface area contributed by atoms with Crippen LogP contribution in [0.15, 0.2) is 0 Å². The van der Waals surface area contributed by atoms with Crippen molar-refractivity contribution in [3.8, 4) is 0 Å². The smallest absolute Gasteiger partial charge is 0.442 e. The van der Waals surface area contributed by atoms with Gasteiger partial charge in [-0.1, -0.05) is 6.42 Å². The SMILES string of the molecule is O=C(CSC(F)(F)F)N[C@H]1CCC[C@H]1C(=O)O. The van der Waals surface area contributed by atoms with E-state index in [9.17, 15) is 22.8 Å². The number of thioether (sulfide) groups is 1. The van der Waals surface area contributed by atoms with Crippen LogP contribution in [0, 0.1) is 5.92 Å². The van der Waals surface area contributed by atoms with Crippen LogP contribution in [0.1, 0.15) is 19.3 Å². The Balaban J connectivity index is 2.38. The number of hydrogen-bond acceptors (Lipinski definition) is 3. The fourth-order valence-electron chi connectivity index (χ4n) is 1.82. The van der Waals surface area contributed by atoms with Gasteiger partial charge in [0.1, 0.15) is 0 Å². The van der Waals surface area contributed by atoms with E-state index in [0.717, 1.165) is 0 Å². The van der Waals surface area contributed by atoms with Crippen LogP contribution in [-0.4, -0.2) is 34.3 Å². The summed E-state index contributed by atoms with van der Waals surface area (Å²) in [6, 6.07) is -0.547. The zero-order chi connectivity index (χ0) is 13.1. The third kappa shape index (κ3) is 4.84. The molecule has 0 bridgehead atoms. The van der Waals surface area contributed by atoms with Gasteiger partial charge in [-0.3, -0.25) is 9.59 Å². The molecular formula is C9H12F3NO3S. The van der Waals surface area contributed by atoms with Gasteiger partial charge < -0.3 is 10.4 Å². The molecule has 0 aliphatic heterocycles. The minimum absolute atomic E-state index is 0.425. The Hall–Kier alpha value is -0.920. The second-order valence-corrected chi connectivity index (χ2v) is 4.82. The van der Waals surface area contributed by atoms with Crippen LogP contribution >= 0.6 is 11.8 Å². The Labute approximate surface area is 99.9 Å². The first kappa shape index (κ1) is 14.1. The lowest BCUT2D eigenvalue weighted by Gasteiger charge is -2.17. The highest BCUT2D eigenvalue weighted by Gasteiger charge is 2.35. The molecule has 1 amide bonds. The first-order valence-corrected chi connectivity index (χ1v) is 6.01. The van der Waals surface area contributed by atoms with Crippen molar-refractivity contribution in [3.63, 3.8) is 0 Å². The summed E-state index contributed by atoms with van der Waals surface area (Å²) in [4.78, 5) is 22.0. The number of nitrogens with one attached hydrogen (secondary N) is 1. The molecular weight excluding hydrogens is 259 g/mol. The van der Waals surface area contributed by atoms with Crippen LogP contribution in [0.5, 0.6) is 0 Å². The Morgan fingerprint density at radius 1 is 1.35 bits per heavy atom. The van der Waals surface area contributed by atoms with E-state index >= 15 is 0 Å². The molecule has 4 nitrogen and oxygen atoms in total. The molecule has 98 valence electrons. The number of halogens is 3. The summed E-state index contributed by atoms with van der Waals surface area (Å²) in [5.41, 5.74) is -4.45. The quantitative estimate of drug-likeness (QED) is 0.815. The molecule has 0 spiro atoms. The van der Waals surface area contributed by atoms with Crippen LogP contribution in [0.2, 0.25) is 0 Å². The van der Waals surface area contributed by atoms with Crippen molar-refractivity contribution in [3.05, 3.63) is 0 Å². The van der Waals surface area contributed by atoms with Crippen molar-refractivity contribution < 1.29 is 27.9 Å². The van der Waals surface area contributed by atoms with Gasteiger partial charge in [0.15, 0.2) is 0 Å². The predicted octanol–water partition coefficient (Wildman–Crippen LogP) is 1.61. The van der Waals surface area contributed by atoms with Crippen LogP contribution in [-0.2, 0) is 9.59 Å². The Morgan fingerprint density at radius 2 is 2.00 bits per heavy atom. The van der Waals surface area contributed by atoms with Gasteiger partial charge in [0.25, 0.3) is 0 Å². The average Bonchev–Trinajstić information content (AvgIpc) is 2.62. The molecule has 0 aromatic carbocycles. The maximum Gasteiger partial charge on any atom is 0.442 e. The molecule has 17 heavy (non-hydrogen) atoms. The van der Waals surface area contributed by atoms with E-state index in [2.05, 4.69) is 5.32 Å². The fourth-order valence-corrected chi connectivity index (χ4v) is 2.20. The molecule has 1 rings (SSSR count). The van der Waals surface area contributed by atoms with Crippen LogP contribution in [0.4, 0.5) is 13.2 Å². The molecule has 0 aromatic rings. The number of aliphatic carboxylic acids is 1. The summed E-state index contributed by atoms with van der Waals surface area (Å²) in [7, 11) is 0. The van der Waals surface area contributed by atoms with E-state index in [0.29, 0.717) is 19.3 Å². The topological polar surface area (TPSA) is 66.4 Å². The lowest BCUT2D eigenvalue weighted by atomic mass is 10.0. The number of carbonyl (C=O) groups is 2. The molecule has 0 unspecified atom stereocenters. The fraction of sp³-hybridized carbons (Fsp3) is 0.778. The van der Waals surface area contributed by atoms with Crippen LogP contribution < -0.4 is 5.32 Å². The van der Waals surface area contributed by atoms with Gasteiger partial charge in [-0.25, -0.2) is 0 Å². The zero-order valence-electron chi connectivity index (χ0n) is 8.79. The average molecular weight is 271 g/mol. The summed E-state index contributed by atoms with van der Waals surface area (Å²) < 4.78 is 35.5. The Bertz CT molecular complexity index is 308. The molecule has 1 saturated carbocycles. The third-order valence-electron chi connectivity index (χ3n) is 2.55. The number of carbonyl (C=O) groups excluding carboxylic acids is 1. The van der Waals surface area contributed by atoms with Crippen LogP contribution in [0.3, 0.4) is 0 Å². The highest BCUT2D eigenvalue weighted by Crippen LogP contribution is 2.30. The largest absolute Gasteiger partial charge is 0.481 e. The summed E-state index contributed by atoms with van der Waals surface area (Å²) in [6.45, 7) is 0. The second-order valence-electron chi connectivity index (χ2n) is 3.78. The summed E-state index contributed by atoms with van der Waals surface area (Å²) in [5.74, 6) is -3.21. The normalized spacial score (nSPS) is 24.6. The lowest BCUT2D eigenvalue weighted by Crippen LogP contribution is -2.41. The molecule has 2 N–H and O–H groups in total. The van der Waals surface area contributed by atoms with Gasteiger partial charge in [-0.15, -0.1) is 0 Å². The van der Waals surface area contributed by atoms with Crippen molar-refractivity contribution in [1.82, 2.24) is 5.32 Å². The van der Waals surface area contributed by atoms with Crippen molar-refractivity contribution in [1.29, 1.82) is 0 Å². The summed E-state index contributed by atoms with van der Waals surface area (Å²) in [6.07, 6.45) is 1.61. The van der Waals surface area contributed by atoms with E-state index < -0.39 is 46.9 Å². The van der Waals surface area contributed by atoms with Crippen molar-refractivity contribution in [2.24, 2.45) is 5.92 Å². The molecule has 2 atom stereocenters. The standard InChI is InChI=1S/C9H12F3NO3S/c10-9(11,12)17-4-7(14)13-6-3-1-2-5(6)8(15)16/h5-6H,1-4H2,(H,13,14)(H,15,16)/t5-,6+/m1/s1. The van der Waals surface area contributed by atoms with E-state index in [4.69, 9.17) is 5.11 Å². The Morgan fingerprint density at radius 3 is 2.53 bits per heavy atom. The summed E-state index contributed by atoms with van der Waals surface area (Å²) in [5, 5.41) is 11.2. The first-order chi connectivity index (χ1) is 7.79. The van der Waals surface area contributed by atoms with Gasteiger partial charge in [-0.05, 0) is 24.6 Å². The maximum atomic E-state index is 11.8. The molecule has 1 aliphatic carbocycles. The Kier molecular flexibility index (Phi) is 4.67. The number of amides is 1. The number of carboxylic acid groups (broad SMARTS) is 1. The minimum atomic E-state index is -4.45. The summed E-state index contributed by atoms with van der Waals surface area (Å²) >= 11 is -0.425. The van der Waals surface area contributed by atoms with Gasteiger partial charge in [0.2, 0.25) is 5.91 Å². The number of carboxylic acids is 1.